The fourth-order valence-electron chi connectivity index (χ4n) is 2.98. The molecule has 0 aliphatic carbocycles. The number of nitrogens with one attached hydrogen (secondary N) is 2. The van der Waals surface area contributed by atoms with Crippen molar-refractivity contribution in [2.45, 2.75) is 45.3 Å². The van der Waals surface area contributed by atoms with Crippen molar-refractivity contribution in [3.8, 4) is 0 Å². The van der Waals surface area contributed by atoms with Gasteiger partial charge in [0.1, 0.15) is 0 Å². The average molecular weight is 498 g/mol. The highest BCUT2D eigenvalue weighted by molar-refractivity contribution is 14.0. The zero-order chi connectivity index (χ0) is 18.8. The number of hydrogen-bond acceptors (Lipinski definition) is 2. The summed E-state index contributed by atoms with van der Waals surface area (Å²) in [5.41, 5.74) is 0.123. The van der Waals surface area contributed by atoms with E-state index in [0.29, 0.717) is 12.5 Å². The summed E-state index contributed by atoms with van der Waals surface area (Å²) < 4.78 is 37.8. The Kier molecular flexibility index (Phi) is 11.1. The second kappa shape index (κ2) is 12.4. The van der Waals surface area contributed by atoms with Crippen LogP contribution in [0, 0.1) is 0 Å². The first-order chi connectivity index (χ1) is 12.5. The van der Waals surface area contributed by atoms with Gasteiger partial charge in [0.2, 0.25) is 0 Å². The molecule has 0 atom stereocenters. The van der Waals surface area contributed by atoms with E-state index in [-0.39, 0.29) is 24.0 Å². The maximum absolute atomic E-state index is 12.6. The molecule has 2 rings (SSSR count). The Bertz CT molecular complexity index is 555. The summed E-state index contributed by atoms with van der Waals surface area (Å²) in [5, 5.41) is 6.46. The van der Waals surface area contributed by atoms with E-state index in [1.807, 2.05) is 6.92 Å². The lowest BCUT2D eigenvalue weighted by atomic mass is 10.1. The SMILES string of the molecule is CCNC(=NCc1ccc(C(F)(F)F)cc1)NCCCCN1CCCC1.I. The minimum atomic E-state index is -4.30. The summed E-state index contributed by atoms with van der Waals surface area (Å²) in [4.78, 5) is 6.96. The highest BCUT2D eigenvalue weighted by atomic mass is 127. The number of hydrogen-bond donors (Lipinski definition) is 2. The molecule has 1 aromatic rings. The van der Waals surface area contributed by atoms with E-state index in [1.165, 1.54) is 38.1 Å². The van der Waals surface area contributed by atoms with Crippen molar-refractivity contribution in [1.29, 1.82) is 0 Å². The highest BCUT2D eigenvalue weighted by Gasteiger charge is 2.29. The number of likely N-dealkylation sites (tertiary alicyclic amines) is 1. The fourth-order valence-corrected chi connectivity index (χ4v) is 2.98. The lowest BCUT2D eigenvalue weighted by molar-refractivity contribution is -0.137. The average Bonchev–Trinajstić information content (AvgIpc) is 3.12. The predicted molar refractivity (Wildman–Crippen MR) is 115 cm³/mol. The smallest absolute Gasteiger partial charge is 0.357 e. The maximum atomic E-state index is 12.6. The van der Waals surface area contributed by atoms with E-state index in [0.717, 1.165) is 50.2 Å². The molecule has 27 heavy (non-hydrogen) atoms. The quantitative estimate of drug-likeness (QED) is 0.244. The maximum Gasteiger partial charge on any atom is 0.416 e. The van der Waals surface area contributed by atoms with Crippen LogP contribution in [0.2, 0.25) is 0 Å². The summed E-state index contributed by atoms with van der Waals surface area (Å²) >= 11 is 0. The van der Waals surface area contributed by atoms with Crippen LogP contribution < -0.4 is 10.6 Å². The van der Waals surface area contributed by atoms with Crippen LogP contribution in [0.25, 0.3) is 0 Å². The largest absolute Gasteiger partial charge is 0.416 e. The Labute approximate surface area is 177 Å². The normalized spacial score (nSPS) is 15.5. The number of alkyl halides is 3. The molecule has 1 aromatic carbocycles. The molecule has 8 heteroatoms. The standard InChI is InChI=1S/C19H29F3N4.HI/c1-2-23-18(24-11-3-4-12-26-13-5-6-14-26)25-15-16-7-9-17(10-8-16)19(20,21)22;/h7-10H,2-6,11-15H2,1H3,(H2,23,24,25);1H. The monoisotopic (exact) mass is 498 g/mol. The Balaban J connectivity index is 0.00000364. The second-order valence-electron chi connectivity index (χ2n) is 6.57. The summed E-state index contributed by atoms with van der Waals surface area (Å²) in [6, 6.07) is 5.16. The molecule has 154 valence electrons. The molecule has 0 spiro atoms. The molecule has 1 fully saturated rings. The first kappa shape index (κ1) is 24.0. The first-order valence-corrected chi connectivity index (χ1v) is 9.39. The molecule has 1 aliphatic heterocycles. The van der Waals surface area contributed by atoms with Gasteiger partial charge in [-0.1, -0.05) is 12.1 Å². The number of benzene rings is 1. The predicted octanol–water partition coefficient (Wildman–Crippen LogP) is 4.25. The lowest BCUT2D eigenvalue weighted by Crippen LogP contribution is -2.38. The minimum absolute atomic E-state index is 0. The number of unbranched alkanes of at least 4 members (excludes halogenated alkanes) is 1. The lowest BCUT2D eigenvalue weighted by Gasteiger charge is -2.15. The fraction of sp³-hybridized carbons (Fsp3) is 0.632. The van der Waals surface area contributed by atoms with Gasteiger partial charge in [0.15, 0.2) is 5.96 Å². The molecule has 4 nitrogen and oxygen atoms in total. The molecule has 1 aliphatic rings. The molecule has 0 radical (unpaired) electrons. The third-order valence-corrected chi connectivity index (χ3v) is 4.44. The number of aliphatic imine (C=N–C) groups is 1. The summed E-state index contributed by atoms with van der Waals surface area (Å²) in [7, 11) is 0. The summed E-state index contributed by atoms with van der Waals surface area (Å²) in [5.74, 6) is 0.702. The summed E-state index contributed by atoms with van der Waals surface area (Å²) in [6.07, 6.45) is 0.568. The Morgan fingerprint density at radius 3 is 2.33 bits per heavy atom. The van der Waals surface area contributed by atoms with Crippen molar-refractivity contribution < 1.29 is 13.2 Å². The molecule has 0 unspecified atom stereocenters. The van der Waals surface area contributed by atoms with Crippen LogP contribution in [0.1, 0.15) is 43.7 Å². The van der Waals surface area contributed by atoms with Crippen LogP contribution in [0.5, 0.6) is 0 Å². The minimum Gasteiger partial charge on any atom is -0.357 e. The van der Waals surface area contributed by atoms with Crippen molar-refractivity contribution in [2.24, 2.45) is 4.99 Å². The van der Waals surface area contributed by atoms with Gasteiger partial charge in [0.25, 0.3) is 0 Å². The van der Waals surface area contributed by atoms with E-state index < -0.39 is 11.7 Å². The van der Waals surface area contributed by atoms with Gasteiger partial charge in [-0.05, 0) is 69.9 Å². The molecule has 0 aromatic heterocycles. The van der Waals surface area contributed by atoms with Crippen LogP contribution in [0.4, 0.5) is 13.2 Å². The van der Waals surface area contributed by atoms with Crippen molar-refractivity contribution in [1.82, 2.24) is 15.5 Å². The van der Waals surface area contributed by atoms with Gasteiger partial charge in [0, 0.05) is 13.1 Å². The first-order valence-electron chi connectivity index (χ1n) is 9.39. The number of rotatable bonds is 8. The Morgan fingerprint density at radius 1 is 1.07 bits per heavy atom. The van der Waals surface area contributed by atoms with Crippen molar-refractivity contribution >= 4 is 29.9 Å². The van der Waals surface area contributed by atoms with Crippen LogP contribution in [-0.4, -0.2) is 43.6 Å². The second-order valence-corrected chi connectivity index (χ2v) is 6.57. The zero-order valence-corrected chi connectivity index (χ0v) is 18.1. The third kappa shape index (κ3) is 9.14. The van der Waals surface area contributed by atoms with Gasteiger partial charge in [-0.3, -0.25) is 0 Å². The van der Waals surface area contributed by atoms with Gasteiger partial charge >= 0.3 is 6.18 Å². The van der Waals surface area contributed by atoms with Gasteiger partial charge in [0.05, 0.1) is 12.1 Å². The van der Waals surface area contributed by atoms with Crippen molar-refractivity contribution in [3.05, 3.63) is 35.4 Å². The number of nitrogens with zero attached hydrogens (tertiary/aromatic N) is 2. The Morgan fingerprint density at radius 2 is 1.74 bits per heavy atom. The van der Waals surface area contributed by atoms with E-state index in [9.17, 15) is 13.2 Å². The molecular weight excluding hydrogens is 468 g/mol. The van der Waals surface area contributed by atoms with Crippen LogP contribution in [-0.2, 0) is 12.7 Å². The number of halogens is 4. The van der Waals surface area contributed by atoms with E-state index in [2.05, 4.69) is 20.5 Å². The van der Waals surface area contributed by atoms with Gasteiger partial charge < -0.3 is 15.5 Å². The van der Waals surface area contributed by atoms with Gasteiger partial charge in [-0.15, -0.1) is 24.0 Å². The van der Waals surface area contributed by atoms with Crippen molar-refractivity contribution in [3.63, 3.8) is 0 Å². The molecule has 1 heterocycles. The molecule has 0 saturated carbocycles. The molecular formula is C19H30F3IN4. The van der Waals surface area contributed by atoms with E-state index >= 15 is 0 Å². The number of guanidine groups is 1. The summed E-state index contributed by atoms with van der Waals surface area (Å²) in [6.45, 7) is 7.53. The zero-order valence-electron chi connectivity index (χ0n) is 15.8. The highest BCUT2D eigenvalue weighted by Crippen LogP contribution is 2.29. The van der Waals surface area contributed by atoms with Gasteiger partial charge in [-0.2, -0.15) is 13.2 Å². The van der Waals surface area contributed by atoms with E-state index in [1.54, 1.807) is 0 Å². The molecule has 0 amide bonds. The van der Waals surface area contributed by atoms with Crippen LogP contribution in [0.3, 0.4) is 0 Å². The molecule has 1 saturated heterocycles. The third-order valence-electron chi connectivity index (χ3n) is 4.44. The molecule has 2 N–H and O–H groups in total. The topological polar surface area (TPSA) is 39.7 Å². The van der Waals surface area contributed by atoms with Crippen LogP contribution in [0.15, 0.2) is 29.3 Å². The van der Waals surface area contributed by atoms with Crippen molar-refractivity contribution in [2.75, 3.05) is 32.7 Å². The van der Waals surface area contributed by atoms with E-state index in [4.69, 9.17) is 0 Å². The Hall–Kier alpha value is -1.03. The molecule has 0 bridgehead atoms. The van der Waals surface area contributed by atoms with Crippen LogP contribution >= 0.6 is 24.0 Å². The van der Waals surface area contributed by atoms with Gasteiger partial charge in [-0.25, -0.2) is 4.99 Å².